The van der Waals surface area contributed by atoms with Crippen molar-refractivity contribution in [2.45, 2.75) is 109 Å². The first kappa shape index (κ1) is 22.2. The normalized spacial score (nSPS) is 12.8. The van der Waals surface area contributed by atoms with Gasteiger partial charge in [0.25, 0.3) is 0 Å². The zero-order valence-corrected chi connectivity index (χ0v) is 15.1. The molecule has 0 aromatic carbocycles. The number of carboxylic acids is 1. The van der Waals surface area contributed by atoms with E-state index in [-0.39, 0.29) is 6.10 Å². The van der Waals surface area contributed by atoms with Crippen molar-refractivity contribution in [2.24, 2.45) is 0 Å². The Labute approximate surface area is 143 Å². The van der Waals surface area contributed by atoms with Crippen molar-refractivity contribution in [3.8, 4) is 0 Å². The van der Waals surface area contributed by atoms with Gasteiger partial charge in [0.2, 0.25) is 0 Å². The van der Waals surface area contributed by atoms with Crippen LogP contribution in [-0.4, -0.2) is 22.3 Å². The molecular formula is C20H38O3. The van der Waals surface area contributed by atoms with Crippen LogP contribution in [0.15, 0.2) is 12.2 Å². The van der Waals surface area contributed by atoms with Crippen molar-refractivity contribution < 1.29 is 15.0 Å². The molecule has 1 atom stereocenters. The molecule has 0 saturated carbocycles. The van der Waals surface area contributed by atoms with E-state index >= 15 is 0 Å². The molecule has 0 aliphatic heterocycles. The fourth-order valence-electron chi connectivity index (χ4n) is 2.72. The lowest BCUT2D eigenvalue weighted by atomic mass is 10.1. The zero-order valence-electron chi connectivity index (χ0n) is 15.1. The molecule has 0 aliphatic carbocycles. The van der Waals surface area contributed by atoms with E-state index in [1.807, 2.05) is 0 Å². The maximum atomic E-state index is 10.4. The first-order chi connectivity index (χ1) is 11.2. The molecule has 0 heterocycles. The van der Waals surface area contributed by atoms with Gasteiger partial charge in [-0.15, -0.1) is 0 Å². The van der Waals surface area contributed by atoms with E-state index in [1.165, 1.54) is 44.9 Å². The number of carbonyl (C=O) groups is 1. The number of allylic oxidation sites excluding steroid dienone is 2. The largest absolute Gasteiger partial charge is 0.481 e. The Morgan fingerprint density at radius 1 is 0.826 bits per heavy atom. The maximum Gasteiger partial charge on any atom is 0.303 e. The fourth-order valence-corrected chi connectivity index (χ4v) is 2.72. The highest BCUT2D eigenvalue weighted by Gasteiger charge is 2.01. The van der Waals surface area contributed by atoms with Crippen molar-refractivity contribution in [1.29, 1.82) is 0 Å². The number of aliphatic hydroxyl groups is 1. The number of hydrogen-bond donors (Lipinski definition) is 2. The molecule has 0 saturated heterocycles. The summed E-state index contributed by atoms with van der Waals surface area (Å²) >= 11 is 0. The minimum atomic E-state index is -0.676. The van der Waals surface area contributed by atoms with Crippen molar-refractivity contribution in [3.63, 3.8) is 0 Å². The summed E-state index contributed by atoms with van der Waals surface area (Å²) in [7, 11) is 0. The SMILES string of the molecule is CCCCCC(O)CC/C=C\CCCCCCCCCC(=O)O. The van der Waals surface area contributed by atoms with Crippen molar-refractivity contribution in [2.75, 3.05) is 0 Å². The third-order valence-electron chi connectivity index (χ3n) is 4.24. The summed E-state index contributed by atoms with van der Waals surface area (Å²) in [5, 5.41) is 18.3. The molecule has 0 radical (unpaired) electrons. The molecule has 0 rings (SSSR count). The molecule has 0 aromatic heterocycles. The van der Waals surface area contributed by atoms with Crippen LogP contribution in [0.25, 0.3) is 0 Å². The van der Waals surface area contributed by atoms with Crippen molar-refractivity contribution >= 4 is 5.97 Å². The van der Waals surface area contributed by atoms with Crippen LogP contribution in [0.2, 0.25) is 0 Å². The van der Waals surface area contributed by atoms with Crippen LogP contribution in [0.3, 0.4) is 0 Å². The smallest absolute Gasteiger partial charge is 0.303 e. The number of carboxylic acid groups (broad SMARTS) is 1. The summed E-state index contributed by atoms with van der Waals surface area (Å²) in [5.74, 6) is -0.676. The molecule has 0 amide bonds. The first-order valence-electron chi connectivity index (χ1n) is 9.71. The molecule has 0 spiro atoms. The molecule has 0 bridgehead atoms. The Kier molecular flexibility index (Phi) is 16.9. The van der Waals surface area contributed by atoms with Crippen LogP contribution < -0.4 is 0 Å². The Morgan fingerprint density at radius 3 is 2.09 bits per heavy atom. The zero-order chi connectivity index (χ0) is 17.2. The van der Waals surface area contributed by atoms with Crippen molar-refractivity contribution in [3.05, 3.63) is 12.2 Å². The van der Waals surface area contributed by atoms with E-state index in [0.29, 0.717) is 6.42 Å². The number of hydrogen-bond acceptors (Lipinski definition) is 2. The van der Waals surface area contributed by atoms with E-state index in [0.717, 1.165) is 44.9 Å². The van der Waals surface area contributed by atoms with E-state index in [2.05, 4.69) is 19.1 Å². The summed E-state index contributed by atoms with van der Waals surface area (Å²) < 4.78 is 0. The third-order valence-corrected chi connectivity index (χ3v) is 4.24. The van der Waals surface area contributed by atoms with Crippen LogP contribution in [-0.2, 0) is 4.79 Å². The minimum absolute atomic E-state index is 0.118. The fraction of sp³-hybridized carbons (Fsp3) is 0.850. The van der Waals surface area contributed by atoms with E-state index < -0.39 is 5.97 Å². The summed E-state index contributed by atoms with van der Waals surface area (Å²) in [4.78, 5) is 10.4. The molecule has 3 heteroatoms. The van der Waals surface area contributed by atoms with Crippen LogP contribution in [0, 0.1) is 0 Å². The molecular weight excluding hydrogens is 288 g/mol. The predicted molar refractivity (Wildman–Crippen MR) is 97.7 cm³/mol. The Balaban J connectivity index is 3.20. The monoisotopic (exact) mass is 326 g/mol. The molecule has 0 fully saturated rings. The lowest BCUT2D eigenvalue weighted by Crippen LogP contribution is -2.05. The topological polar surface area (TPSA) is 57.5 Å². The second-order valence-corrected chi connectivity index (χ2v) is 6.61. The number of aliphatic hydroxyl groups excluding tert-OH is 1. The van der Waals surface area contributed by atoms with Crippen molar-refractivity contribution in [1.82, 2.24) is 0 Å². The quantitative estimate of drug-likeness (QED) is 0.260. The highest BCUT2D eigenvalue weighted by Crippen LogP contribution is 2.11. The van der Waals surface area contributed by atoms with Gasteiger partial charge in [-0.2, -0.15) is 0 Å². The molecule has 0 aromatic rings. The Hall–Kier alpha value is -0.830. The van der Waals surface area contributed by atoms with Gasteiger partial charge in [0, 0.05) is 6.42 Å². The van der Waals surface area contributed by atoms with Gasteiger partial charge >= 0.3 is 5.97 Å². The van der Waals surface area contributed by atoms with Gasteiger partial charge < -0.3 is 10.2 Å². The predicted octanol–water partition coefficient (Wildman–Crippen LogP) is 5.86. The van der Waals surface area contributed by atoms with E-state index in [4.69, 9.17) is 5.11 Å². The standard InChI is InChI=1S/C20H38O3/c1-2-3-13-16-19(21)17-14-11-9-7-5-4-6-8-10-12-15-18-20(22)23/h9,11,19,21H,2-8,10,12-18H2,1H3,(H,22,23)/b11-9-. The number of aliphatic carboxylic acids is 1. The second kappa shape index (κ2) is 17.5. The molecule has 0 aliphatic rings. The van der Waals surface area contributed by atoms with Gasteiger partial charge in [-0.3, -0.25) is 4.79 Å². The summed E-state index contributed by atoms with van der Waals surface area (Å²) in [6.07, 6.45) is 20.3. The van der Waals surface area contributed by atoms with Crippen LogP contribution >= 0.6 is 0 Å². The lowest BCUT2D eigenvalue weighted by Gasteiger charge is -2.07. The van der Waals surface area contributed by atoms with Gasteiger partial charge in [-0.05, 0) is 38.5 Å². The number of unbranched alkanes of at least 4 members (excludes halogenated alkanes) is 9. The van der Waals surface area contributed by atoms with Gasteiger partial charge in [0.05, 0.1) is 6.10 Å². The molecule has 1 unspecified atom stereocenters. The van der Waals surface area contributed by atoms with E-state index in [9.17, 15) is 9.90 Å². The van der Waals surface area contributed by atoms with E-state index in [1.54, 1.807) is 0 Å². The molecule has 3 nitrogen and oxygen atoms in total. The second-order valence-electron chi connectivity index (χ2n) is 6.61. The molecule has 136 valence electrons. The summed E-state index contributed by atoms with van der Waals surface area (Å²) in [6, 6.07) is 0. The maximum absolute atomic E-state index is 10.4. The van der Waals surface area contributed by atoms with Gasteiger partial charge in [0.15, 0.2) is 0 Å². The van der Waals surface area contributed by atoms with Gasteiger partial charge in [-0.1, -0.05) is 70.4 Å². The summed E-state index contributed by atoms with van der Waals surface area (Å²) in [5.41, 5.74) is 0. The minimum Gasteiger partial charge on any atom is -0.481 e. The molecule has 2 N–H and O–H groups in total. The van der Waals surface area contributed by atoms with Gasteiger partial charge in [-0.25, -0.2) is 0 Å². The average molecular weight is 327 g/mol. The summed E-state index contributed by atoms with van der Waals surface area (Å²) in [6.45, 7) is 2.19. The average Bonchev–Trinajstić information content (AvgIpc) is 2.51. The Bertz CT molecular complexity index is 287. The highest BCUT2D eigenvalue weighted by atomic mass is 16.4. The molecule has 23 heavy (non-hydrogen) atoms. The lowest BCUT2D eigenvalue weighted by molar-refractivity contribution is -0.137. The first-order valence-corrected chi connectivity index (χ1v) is 9.71. The Morgan fingerprint density at radius 2 is 1.43 bits per heavy atom. The highest BCUT2D eigenvalue weighted by molar-refractivity contribution is 5.66. The van der Waals surface area contributed by atoms with Crippen LogP contribution in [0.1, 0.15) is 103 Å². The number of rotatable bonds is 17. The third kappa shape index (κ3) is 19.1. The van der Waals surface area contributed by atoms with Gasteiger partial charge in [0.1, 0.15) is 0 Å². The van der Waals surface area contributed by atoms with Crippen LogP contribution in [0.4, 0.5) is 0 Å². The van der Waals surface area contributed by atoms with Crippen LogP contribution in [0.5, 0.6) is 0 Å².